The molecule has 0 saturated carbocycles. The number of rotatable bonds is 1. The average molecular weight is 389 g/mol. The Labute approximate surface area is 95.8 Å². The van der Waals surface area contributed by atoms with Crippen LogP contribution in [0.1, 0.15) is 20.8 Å². The number of hydrogen-bond acceptors (Lipinski definition) is 0. The van der Waals surface area contributed by atoms with Crippen LogP contribution in [0.2, 0.25) is 0 Å². The van der Waals surface area contributed by atoms with E-state index in [1.165, 1.54) is 0 Å². The Morgan fingerprint density at radius 2 is 1.22 bits per heavy atom. The maximum absolute atomic E-state index is 3.84. The Balaban J connectivity index is -0.0000000417. The minimum absolute atomic E-state index is 0. The summed E-state index contributed by atoms with van der Waals surface area (Å²) in [4.78, 5) is 0. The van der Waals surface area contributed by atoms with Gasteiger partial charge in [0.25, 0.3) is 0 Å². The summed E-state index contributed by atoms with van der Waals surface area (Å²) in [6.07, 6.45) is 0. The van der Waals surface area contributed by atoms with Gasteiger partial charge in [0.1, 0.15) is 0 Å². The molecule has 0 rings (SSSR count). The number of hydrogen-bond donors (Lipinski definition) is 0. The third-order valence-corrected chi connectivity index (χ3v) is 1.14. The van der Waals surface area contributed by atoms with E-state index in [0.29, 0.717) is 5.92 Å². The van der Waals surface area contributed by atoms with E-state index in [0.717, 1.165) is 5.92 Å². The summed E-state index contributed by atoms with van der Waals surface area (Å²) in [5.74, 6) is 1.34. The minimum atomic E-state index is 0. The molecule has 0 fully saturated rings. The normalized spacial score (nSPS) is 10.3. The van der Waals surface area contributed by atoms with Gasteiger partial charge < -0.3 is 14.4 Å². The molecule has 1 atom stereocenters. The van der Waals surface area contributed by atoms with Crippen molar-refractivity contribution < 1.29 is 49.7 Å². The van der Waals surface area contributed by atoms with Crippen molar-refractivity contribution in [2.24, 2.45) is 11.8 Å². The SMILES string of the molecule is [CH2-]C(C)C(C)C.[CH3-].[U].[V]. The van der Waals surface area contributed by atoms with Gasteiger partial charge in [0.2, 0.25) is 0 Å². The van der Waals surface area contributed by atoms with Crippen LogP contribution in [0.15, 0.2) is 0 Å². The zero-order chi connectivity index (χ0) is 5.15. The van der Waals surface area contributed by atoms with Gasteiger partial charge >= 0.3 is 0 Å². The molecule has 0 aromatic carbocycles. The summed E-state index contributed by atoms with van der Waals surface area (Å²) < 4.78 is 0. The molecule has 0 amide bonds. The van der Waals surface area contributed by atoms with Gasteiger partial charge in [0.05, 0.1) is 0 Å². The van der Waals surface area contributed by atoms with Crippen molar-refractivity contribution in [3.8, 4) is 0 Å². The predicted molar refractivity (Wildman–Crippen MR) is 35.8 cm³/mol. The van der Waals surface area contributed by atoms with Crippen LogP contribution in [0.5, 0.6) is 0 Å². The van der Waals surface area contributed by atoms with Crippen LogP contribution in [0.3, 0.4) is 0 Å². The first-order valence-electron chi connectivity index (χ1n) is 2.47. The van der Waals surface area contributed by atoms with E-state index < -0.39 is 0 Å². The van der Waals surface area contributed by atoms with Gasteiger partial charge in [-0.3, -0.25) is 0 Å². The first-order chi connectivity index (χ1) is 2.64. The second-order valence-electron chi connectivity index (χ2n) is 2.22. The zero-order valence-corrected chi connectivity index (χ0v) is 12.4. The average Bonchev–Trinajstić information content (AvgIpc) is 1.36. The van der Waals surface area contributed by atoms with Gasteiger partial charge in [-0.1, -0.05) is 26.7 Å². The molecule has 0 aliphatic rings. The molecule has 1 radical (unpaired) electrons. The summed E-state index contributed by atoms with van der Waals surface area (Å²) in [7, 11) is 0. The van der Waals surface area contributed by atoms with Crippen LogP contribution in [-0.4, -0.2) is 0 Å². The smallest absolute Gasteiger partial charge is 0 e. The molecular formula is C7H16UV-2. The third-order valence-electron chi connectivity index (χ3n) is 1.14. The Morgan fingerprint density at radius 3 is 1.22 bits per heavy atom. The maximum Gasteiger partial charge on any atom is 0 e. The first kappa shape index (κ1) is 22.4. The molecule has 0 bridgehead atoms. The maximum atomic E-state index is 3.84. The molecule has 2 heteroatoms. The van der Waals surface area contributed by atoms with Gasteiger partial charge in [-0.05, 0) is 0 Å². The molecule has 0 saturated heterocycles. The molecule has 1 unspecified atom stereocenters. The molecule has 0 aromatic heterocycles. The van der Waals surface area contributed by atoms with Crippen LogP contribution in [-0.2, 0) is 18.6 Å². The second kappa shape index (κ2) is 12.3. The summed E-state index contributed by atoms with van der Waals surface area (Å²) in [6, 6.07) is 0. The van der Waals surface area contributed by atoms with E-state index in [1.807, 2.05) is 0 Å². The van der Waals surface area contributed by atoms with Crippen LogP contribution in [0.25, 0.3) is 0 Å². The van der Waals surface area contributed by atoms with E-state index >= 15 is 0 Å². The fourth-order valence-corrected chi connectivity index (χ4v) is 0. The van der Waals surface area contributed by atoms with E-state index in [4.69, 9.17) is 0 Å². The van der Waals surface area contributed by atoms with Crippen molar-refractivity contribution in [2.45, 2.75) is 20.8 Å². The van der Waals surface area contributed by atoms with Crippen molar-refractivity contribution in [1.29, 1.82) is 0 Å². The second-order valence-corrected chi connectivity index (χ2v) is 2.22. The summed E-state index contributed by atoms with van der Waals surface area (Å²) >= 11 is 0. The van der Waals surface area contributed by atoms with Crippen molar-refractivity contribution in [3.05, 3.63) is 14.4 Å². The van der Waals surface area contributed by atoms with Crippen molar-refractivity contribution in [1.82, 2.24) is 0 Å². The fraction of sp³-hybridized carbons (Fsp3) is 0.714. The Bertz CT molecular complexity index is 29.9. The Hall–Kier alpha value is 1.64. The van der Waals surface area contributed by atoms with E-state index in [9.17, 15) is 0 Å². The van der Waals surface area contributed by atoms with E-state index in [2.05, 4.69) is 27.7 Å². The molecule has 55 valence electrons. The van der Waals surface area contributed by atoms with Crippen LogP contribution in [0, 0.1) is 57.3 Å². The van der Waals surface area contributed by atoms with Crippen molar-refractivity contribution in [2.75, 3.05) is 0 Å². The standard InChI is InChI=1S/C6H13.CH3.U.V/c1-5(2)6(3)4;;;/h5-6H,1H2,2-4H3;1H3;;/q2*-1;;. The first-order valence-corrected chi connectivity index (χ1v) is 2.47. The molecule has 0 aromatic rings. The van der Waals surface area contributed by atoms with Gasteiger partial charge in [-0.15, -0.1) is 0 Å². The Kier molecular flexibility index (Phi) is 30.7. The summed E-state index contributed by atoms with van der Waals surface area (Å²) in [6.45, 7) is 10.3. The zero-order valence-electron chi connectivity index (χ0n) is 6.81. The molecule has 0 heterocycles. The van der Waals surface area contributed by atoms with Crippen LogP contribution in [0.4, 0.5) is 0 Å². The van der Waals surface area contributed by atoms with Crippen LogP contribution < -0.4 is 0 Å². The quantitative estimate of drug-likeness (QED) is 0.605. The molecule has 0 spiro atoms. The predicted octanol–water partition coefficient (Wildman–Crippen LogP) is 2.56. The van der Waals surface area contributed by atoms with Gasteiger partial charge in [0.15, 0.2) is 0 Å². The Morgan fingerprint density at radius 1 is 1.11 bits per heavy atom. The van der Waals surface area contributed by atoms with E-state index in [-0.39, 0.29) is 57.1 Å². The van der Waals surface area contributed by atoms with Crippen molar-refractivity contribution in [3.63, 3.8) is 0 Å². The third kappa shape index (κ3) is 17.7. The molecule has 9 heavy (non-hydrogen) atoms. The molecular weight excluding hydrogens is 373 g/mol. The van der Waals surface area contributed by atoms with Gasteiger partial charge in [-0.2, -0.15) is 5.92 Å². The van der Waals surface area contributed by atoms with E-state index in [1.54, 1.807) is 0 Å². The summed E-state index contributed by atoms with van der Waals surface area (Å²) in [5, 5.41) is 0. The molecule has 0 aliphatic heterocycles. The molecule has 0 nitrogen and oxygen atoms in total. The molecule has 0 N–H and O–H groups in total. The van der Waals surface area contributed by atoms with Gasteiger partial charge in [0, 0.05) is 49.7 Å². The monoisotopic (exact) mass is 389 g/mol. The molecule has 0 aliphatic carbocycles. The van der Waals surface area contributed by atoms with Crippen LogP contribution >= 0.6 is 0 Å². The van der Waals surface area contributed by atoms with Crippen molar-refractivity contribution >= 4 is 0 Å². The minimum Gasteiger partial charge on any atom is -0.358 e. The van der Waals surface area contributed by atoms with Gasteiger partial charge in [-0.25, -0.2) is 0 Å². The topological polar surface area (TPSA) is 0 Å². The fourth-order valence-electron chi connectivity index (χ4n) is 0. The summed E-state index contributed by atoms with van der Waals surface area (Å²) in [5.41, 5.74) is 0. The largest absolute Gasteiger partial charge is 0.358 e.